The lowest BCUT2D eigenvalue weighted by Crippen LogP contribution is -2.43. The maximum Gasteiger partial charge on any atom is 0.319 e. The standard InChI is InChI=1S/C37H36ClFN8O2/c1-45(26-13-19-46(21-26)30(48)11-10-25-12-16-40-23-42-25)35-28-20-41-33(27-8-2-6-24-7-3-9-29(38)31(24)27)32(39)34(28)43-36(44-35)49-22-37-14-4-17-47(37)18-5-15-37/h2-3,6-12,16,20,23,26H,4-5,13-15,17-19,21-22H2,1H3/b11-10+/t26-/m1/s1. The molecule has 1 amide bonds. The number of fused-ring (bicyclic) bond motifs is 3. The number of nitrogens with zero attached hydrogens (tertiary/aromatic N) is 8. The van der Waals surface area contributed by atoms with E-state index in [0.717, 1.165) is 49.5 Å². The van der Waals surface area contributed by atoms with E-state index in [9.17, 15) is 4.79 Å². The number of pyridine rings is 1. The van der Waals surface area contributed by atoms with Crippen molar-refractivity contribution < 1.29 is 13.9 Å². The molecule has 3 aliphatic rings. The first-order chi connectivity index (χ1) is 23.9. The summed E-state index contributed by atoms with van der Waals surface area (Å²) in [7, 11) is 1.92. The number of ether oxygens (including phenoxy) is 1. The third-order valence-corrected chi connectivity index (χ3v) is 10.7. The number of anilines is 1. The van der Waals surface area contributed by atoms with E-state index in [2.05, 4.69) is 19.9 Å². The fraction of sp³-hybridized carbons (Fsp3) is 0.351. The van der Waals surface area contributed by atoms with Gasteiger partial charge in [0.25, 0.3) is 0 Å². The number of carbonyl (C=O) groups excluding carboxylic acids is 1. The highest BCUT2D eigenvalue weighted by atomic mass is 35.5. The first kappa shape index (κ1) is 31.5. The molecule has 0 aliphatic carbocycles. The Morgan fingerprint density at radius 1 is 1.10 bits per heavy atom. The van der Waals surface area contributed by atoms with Gasteiger partial charge in [-0.25, -0.2) is 14.4 Å². The van der Waals surface area contributed by atoms with Gasteiger partial charge in [-0.2, -0.15) is 9.97 Å². The van der Waals surface area contributed by atoms with Crippen LogP contribution in [0.5, 0.6) is 6.01 Å². The van der Waals surface area contributed by atoms with Gasteiger partial charge >= 0.3 is 6.01 Å². The molecule has 0 radical (unpaired) electrons. The van der Waals surface area contributed by atoms with Gasteiger partial charge in [0.05, 0.1) is 16.6 Å². The molecule has 3 aliphatic heterocycles. The molecular weight excluding hydrogens is 643 g/mol. The van der Waals surface area contributed by atoms with E-state index in [4.69, 9.17) is 26.3 Å². The molecule has 3 fully saturated rings. The number of amides is 1. The second-order valence-corrected chi connectivity index (χ2v) is 13.6. The SMILES string of the molecule is CN(c1nc(OCC23CCCN2CCC3)nc2c(F)c(-c3cccc4cccc(Cl)c34)ncc12)[C@@H]1CCN(C(=O)/C=C/c2ccncn2)C1. The highest BCUT2D eigenvalue weighted by Crippen LogP contribution is 2.40. The Bertz CT molecular complexity index is 2060. The van der Waals surface area contributed by atoms with Crippen LogP contribution in [-0.2, 0) is 4.79 Å². The van der Waals surface area contributed by atoms with Crippen molar-refractivity contribution in [1.82, 2.24) is 34.7 Å². The number of hydrogen-bond acceptors (Lipinski definition) is 9. The highest BCUT2D eigenvalue weighted by molar-refractivity contribution is 6.36. The number of halogens is 2. The molecule has 12 heteroatoms. The number of likely N-dealkylation sites (tertiary alicyclic amines) is 1. The summed E-state index contributed by atoms with van der Waals surface area (Å²) in [6.45, 7) is 3.64. The Kier molecular flexibility index (Phi) is 8.33. The largest absolute Gasteiger partial charge is 0.461 e. The predicted octanol–water partition coefficient (Wildman–Crippen LogP) is 6.19. The zero-order valence-electron chi connectivity index (χ0n) is 27.2. The summed E-state index contributed by atoms with van der Waals surface area (Å²) >= 11 is 6.64. The van der Waals surface area contributed by atoms with Gasteiger partial charge < -0.3 is 14.5 Å². The molecule has 49 heavy (non-hydrogen) atoms. The maximum atomic E-state index is 16.8. The molecule has 8 rings (SSSR count). The summed E-state index contributed by atoms with van der Waals surface area (Å²) in [6.07, 6.45) is 13.1. The van der Waals surface area contributed by atoms with Gasteiger partial charge in [0.2, 0.25) is 5.91 Å². The van der Waals surface area contributed by atoms with Crippen LogP contribution in [-0.4, -0.2) is 92.0 Å². The molecule has 3 aromatic heterocycles. The third kappa shape index (κ3) is 5.84. The second-order valence-electron chi connectivity index (χ2n) is 13.2. The van der Waals surface area contributed by atoms with E-state index in [1.165, 1.54) is 12.4 Å². The Morgan fingerprint density at radius 2 is 1.92 bits per heavy atom. The van der Waals surface area contributed by atoms with Crippen molar-refractivity contribution in [1.29, 1.82) is 0 Å². The van der Waals surface area contributed by atoms with Gasteiger partial charge in [0.1, 0.15) is 30.0 Å². The van der Waals surface area contributed by atoms with Crippen LogP contribution >= 0.6 is 11.6 Å². The molecule has 1 atom stereocenters. The van der Waals surface area contributed by atoms with Crippen LogP contribution in [0.2, 0.25) is 5.02 Å². The van der Waals surface area contributed by atoms with Gasteiger partial charge in [0, 0.05) is 60.6 Å². The molecule has 0 bridgehead atoms. The minimum Gasteiger partial charge on any atom is -0.461 e. The molecule has 10 nitrogen and oxygen atoms in total. The summed E-state index contributed by atoms with van der Waals surface area (Å²) in [5.74, 6) is -0.155. The molecule has 5 aromatic rings. The van der Waals surface area contributed by atoms with Crippen molar-refractivity contribution >= 4 is 51.1 Å². The van der Waals surface area contributed by atoms with Crippen LogP contribution in [0.1, 0.15) is 37.8 Å². The first-order valence-corrected chi connectivity index (χ1v) is 17.2. The van der Waals surface area contributed by atoms with Crippen molar-refractivity contribution in [3.8, 4) is 17.3 Å². The number of carbonyl (C=O) groups is 1. The minimum atomic E-state index is -0.563. The number of hydrogen-bond donors (Lipinski definition) is 0. The van der Waals surface area contributed by atoms with Crippen LogP contribution in [0.15, 0.2) is 67.3 Å². The highest BCUT2D eigenvalue weighted by Gasteiger charge is 2.45. The topological polar surface area (TPSA) is 100 Å². The van der Waals surface area contributed by atoms with Gasteiger partial charge in [-0.05, 0) is 68.8 Å². The Balaban J connectivity index is 1.15. The van der Waals surface area contributed by atoms with Crippen molar-refractivity contribution in [3.63, 3.8) is 0 Å². The molecule has 0 spiro atoms. The normalized spacial score (nSPS) is 18.9. The second kappa shape index (κ2) is 12.9. The van der Waals surface area contributed by atoms with Crippen LogP contribution < -0.4 is 9.64 Å². The van der Waals surface area contributed by atoms with Crippen molar-refractivity contribution in [3.05, 3.63) is 83.8 Å². The lowest BCUT2D eigenvalue weighted by Gasteiger charge is -2.31. The molecule has 0 unspecified atom stereocenters. The minimum absolute atomic E-state index is 0.0301. The van der Waals surface area contributed by atoms with Gasteiger partial charge in [0.15, 0.2) is 5.82 Å². The Labute approximate surface area is 288 Å². The van der Waals surface area contributed by atoms with Crippen LogP contribution in [0.4, 0.5) is 10.2 Å². The number of benzene rings is 2. The predicted molar refractivity (Wildman–Crippen MR) is 188 cm³/mol. The molecular formula is C37H36ClFN8O2. The first-order valence-electron chi connectivity index (χ1n) is 16.8. The van der Waals surface area contributed by atoms with Crippen LogP contribution in [0.3, 0.4) is 0 Å². The lowest BCUT2D eigenvalue weighted by atomic mass is 9.95. The Hall–Kier alpha value is -4.74. The molecule has 0 saturated carbocycles. The summed E-state index contributed by atoms with van der Waals surface area (Å²) in [4.78, 5) is 41.7. The van der Waals surface area contributed by atoms with Gasteiger partial charge in [-0.1, -0.05) is 41.9 Å². The summed E-state index contributed by atoms with van der Waals surface area (Å²) in [6, 6.07) is 13.1. The molecule has 3 saturated heterocycles. The van der Waals surface area contributed by atoms with Gasteiger partial charge in [-0.15, -0.1) is 0 Å². The third-order valence-electron chi connectivity index (χ3n) is 10.4. The molecule has 0 N–H and O–H groups in total. The zero-order valence-corrected chi connectivity index (χ0v) is 28.0. The monoisotopic (exact) mass is 678 g/mol. The van der Waals surface area contributed by atoms with E-state index < -0.39 is 5.82 Å². The van der Waals surface area contributed by atoms with E-state index in [1.807, 2.05) is 42.3 Å². The van der Waals surface area contributed by atoms with Gasteiger partial charge in [-0.3, -0.25) is 14.7 Å². The van der Waals surface area contributed by atoms with Crippen LogP contribution in [0, 0.1) is 5.82 Å². The molecule has 6 heterocycles. The Morgan fingerprint density at radius 3 is 2.71 bits per heavy atom. The number of likely N-dealkylation sites (N-methyl/N-ethyl adjacent to an activating group) is 1. The van der Waals surface area contributed by atoms with Crippen molar-refractivity contribution in [2.45, 2.75) is 43.7 Å². The average Bonchev–Trinajstić information content (AvgIpc) is 3.87. The molecule has 2 aromatic carbocycles. The number of rotatable bonds is 8. The van der Waals surface area contributed by atoms with E-state index in [-0.39, 0.29) is 34.7 Å². The summed E-state index contributed by atoms with van der Waals surface area (Å²) < 4.78 is 23.2. The number of aromatic nitrogens is 5. The average molecular weight is 679 g/mol. The fourth-order valence-electron chi connectivity index (χ4n) is 7.79. The van der Waals surface area contributed by atoms with E-state index >= 15 is 4.39 Å². The van der Waals surface area contributed by atoms with Crippen molar-refractivity contribution in [2.75, 3.05) is 44.7 Å². The maximum absolute atomic E-state index is 16.8. The summed E-state index contributed by atoms with van der Waals surface area (Å²) in [5, 5.41) is 2.61. The van der Waals surface area contributed by atoms with E-state index in [1.54, 1.807) is 35.5 Å². The van der Waals surface area contributed by atoms with Crippen molar-refractivity contribution in [2.24, 2.45) is 0 Å². The lowest BCUT2D eigenvalue weighted by molar-refractivity contribution is -0.124. The zero-order chi connectivity index (χ0) is 33.5. The fourth-order valence-corrected chi connectivity index (χ4v) is 8.07. The van der Waals surface area contributed by atoms with Crippen LogP contribution in [0.25, 0.3) is 39.0 Å². The molecule has 250 valence electrons. The quantitative estimate of drug-likeness (QED) is 0.178. The van der Waals surface area contributed by atoms with E-state index in [0.29, 0.717) is 53.6 Å². The summed E-state index contributed by atoms with van der Waals surface area (Å²) in [5.41, 5.74) is 1.51. The smallest absolute Gasteiger partial charge is 0.319 e.